The lowest BCUT2D eigenvalue weighted by Gasteiger charge is -2.17. The van der Waals surface area contributed by atoms with Gasteiger partial charge in [-0.05, 0) is 36.4 Å². The van der Waals surface area contributed by atoms with Crippen LogP contribution in [0, 0.1) is 5.92 Å². The third kappa shape index (κ3) is 3.23. The van der Waals surface area contributed by atoms with Crippen molar-refractivity contribution < 1.29 is 22.7 Å². The molecule has 2 heterocycles. The molecular weight excluding hydrogens is 362 g/mol. The van der Waals surface area contributed by atoms with Gasteiger partial charge in [-0.1, -0.05) is 6.07 Å². The Morgan fingerprint density at radius 2 is 2.04 bits per heavy atom. The van der Waals surface area contributed by atoms with Crippen LogP contribution in [-0.4, -0.2) is 27.7 Å². The number of fused-ring (bicyclic) bond motifs is 1. The van der Waals surface area contributed by atoms with E-state index >= 15 is 0 Å². The zero-order chi connectivity index (χ0) is 17.4. The largest absolute Gasteiger partial charge is 0.454 e. The van der Waals surface area contributed by atoms with E-state index in [1.807, 2.05) is 11.4 Å². The minimum Gasteiger partial charge on any atom is -0.454 e. The van der Waals surface area contributed by atoms with E-state index in [1.165, 1.54) is 23.5 Å². The molecule has 1 aromatic carbocycles. The lowest BCUT2D eigenvalue weighted by atomic mass is 10.3. The quantitative estimate of drug-likeness (QED) is 0.834. The molecule has 6 nitrogen and oxygen atoms in total. The summed E-state index contributed by atoms with van der Waals surface area (Å²) in [6, 6.07) is 8.20. The minimum atomic E-state index is -3.69. The molecule has 1 N–H and O–H groups in total. The average Bonchev–Trinajstić information content (AvgIpc) is 3.11. The van der Waals surface area contributed by atoms with E-state index in [1.54, 1.807) is 12.1 Å². The minimum absolute atomic E-state index is 0.0391. The molecule has 8 heteroatoms. The number of sulfone groups is 1. The molecule has 1 aliphatic carbocycles. The van der Waals surface area contributed by atoms with Crippen LogP contribution in [0.5, 0.6) is 11.5 Å². The second-order valence-corrected chi connectivity index (χ2v) is 9.19. The van der Waals surface area contributed by atoms with E-state index in [-0.39, 0.29) is 30.1 Å². The van der Waals surface area contributed by atoms with Gasteiger partial charge in [-0.15, -0.1) is 11.3 Å². The number of thiophene rings is 1. The highest BCUT2D eigenvalue weighted by Crippen LogP contribution is 2.38. The van der Waals surface area contributed by atoms with Crippen LogP contribution >= 0.6 is 11.3 Å². The van der Waals surface area contributed by atoms with Crippen molar-refractivity contribution in [3.05, 3.63) is 40.6 Å². The molecule has 4 rings (SSSR count). The fourth-order valence-electron chi connectivity index (χ4n) is 2.74. The molecular formula is C17H17NO5S2. The van der Waals surface area contributed by atoms with Crippen molar-refractivity contribution in [2.24, 2.45) is 5.92 Å². The number of carbonyl (C=O) groups is 1. The zero-order valence-corrected chi connectivity index (χ0v) is 14.9. The van der Waals surface area contributed by atoms with Crippen molar-refractivity contribution in [2.45, 2.75) is 23.0 Å². The Bertz CT molecular complexity index is 888. The Kier molecular flexibility index (Phi) is 4.16. The van der Waals surface area contributed by atoms with Crippen LogP contribution in [-0.2, 0) is 14.6 Å². The summed E-state index contributed by atoms with van der Waals surface area (Å²) in [5.74, 6) is 0.932. The van der Waals surface area contributed by atoms with E-state index in [2.05, 4.69) is 5.32 Å². The van der Waals surface area contributed by atoms with Crippen LogP contribution in [0.1, 0.15) is 23.0 Å². The van der Waals surface area contributed by atoms with Gasteiger partial charge in [0.05, 0.1) is 4.90 Å². The third-order valence-electron chi connectivity index (χ3n) is 4.32. The highest BCUT2D eigenvalue weighted by Gasteiger charge is 2.34. The SMILES string of the molecule is O=C(NC[C@H](c1cccs1)S(=O)(=O)c1ccc2c(c1)OCO2)C1CC1. The number of benzene rings is 1. The van der Waals surface area contributed by atoms with Crippen LogP contribution in [0.2, 0.25) is 0 Å². The number of hydrogen-bond acceptors (Lipinski definition) is 6. The Morgan fingerprint density at radius 3 is 2.76 bits per heavy atom. The van der Waals surface area contributed by atoms with Gasteiger partial charge in [0.25, 0.3) is 0 Å². The van der Waals surface area contributed by atoms with Gasteiger partial charge in [0.2, 0.25) is 12.7 Å². The number of rotatable bonds is 6. The van der Waals surface area contributed by atoms with Crippen molar-refractivity contribution in [3.63, 3.8) is 0 Å². The number of carbonyl (C=O) groups excluding carboxylic acids is 1. The maximum absolute atomic E-state index is 13.2. The predicted molar refractivity (Wildman–Crippen MR) is 92.5 cm³/mol. The van der Waals surface area contributed by atoms with Crippen LogP contribution in [0.3, 0.4) is 0 Å². The standard InChI is InChI=1S/C17H17NO5S2/c19-17(11-3-4-11)18-9-16(15-2-1-7-24-15)25(20,21)12-5-6-13-14(8-12)23-10-22-13/h1-2,5-8,11,16H,3-4,9-10H2,(H,18,19)/t16-/m1/s1. The first-order chi connectivity index (χ1) is 12.1. The molecule has 1 fully saturated rings. The number of ether oxygens (including phenoxy) is 2. The van der Waals surface area contributed by atoms with Crippen LogP contribution in [0.25, 0.3) is 0 Å². The van der Waals surface area contributed by atoms with E-state index in [9.17, 15) is 13.2 Å². The van der Waals surface area contributed by atoms with Gasteiger partial charge in [-0.3, -0.25) is 4.79 Å². The van der Waals surface area contributed by atoms with Crippen molar-refractivity contribution in [2.75, 3.05) is 13.3 Å². The first-order valence-electron chi connectivity index (χ1n) is 8.00. The Balaban J connectivity index is 1.63. The van der Waals surface area contributed by atoms with Gasteiger partial charge in [-0.25, -0.2) is 8.42 Å². The second-order valence-electron chi connectivity index (χ2n) is 6.08. The van der Waals surface area contributed by atoms with Crippen LogP contribution in [0.4, 0.5) is 0 Å². The smallest absolute Gasteiger partial charge is 0.231 e. The molecule has 1 amide bonds. The third-order valence-corrected chi connectivity index (χ3v) is 7.53. The van der Waals surface area contributed by atoms with E-state index in [4.69, 9.17) is 9.47 Å². The van der Waals surface area contributed by atoms with Gasteiger partial charge in [0, 0.05) is 23.4 Å². The summed E-state index contributed by atoms with van der Waals surface area (Å²) in [5.41, 5.74) is 0. The van der Waals surface area contributed by atoms with Crippen molar-refractivity contribution in [1.29, 1.82) is 0 Å². The molecule has 2 aliphatic rings. The van der Waals surface area contributed by atoms with E-state index in [0.29, 0.717) is 16.4 Å². The molecule has 1 aliphatic heterocycles. The highest BCUT2D eigenvalue weighted by atomic mass is 32.2. The number of hydrogen-bond donors (Lipinski definition) is 1. The molecule has 0 spiro atoms. The van der Waals surface area contributed by atoms with Crippen molar-refractivity contribution in [3.8, 4) is 11.5 Å². The van der Waals surface area contributed by atoms with Gasteiger partial charge < -0.3 is 14.8 Å². The Hall–Kier alpha value is -2.06. The fraction of sp³-hybridized carbons (Fsp3) is 0.353. The Labute approximate surface area is 149 Å². The molecule has 0 bridgehead atoms. The molecule has 0 saturated heterocycles. The van der Waals surface area contributed by atoms with Gasteiger partial charge >= 0.3 is 0 Å². The second kappa shape index (κ2) is 6.34. The highest BCUT2D eigenvalue weighted by molar-refractivity contribution is 7.91. The summed E-state index contributed by atoms with van der Waals surface area (Å²) in [4.78, 5) is 12.8. The van der Waals surface area contributed by atoms with E-state index < -0.39 is 15.1 Å². The van der Waals surface area contributed by atoms with Crippen LogP contribution in [0.15, 0.2) is 40.6 Å². The predicted octanol–water partition coefficient (Wildman–Crippen LogP) is 2.52. The molecule has 0 radical (unpaired) electrons. The molecule has 1 saturated carbocycles. The maximum Gasteiger partial charge on any atom is 0.231 e. The maximum atomic E-state index is 13.2. The molecule has 0 unspecified atom stereocenters. The Morgan fingerprint density at radius 1 is 1.24 bits per heavy atom. The molecule has 25 heavy (non-hydrogen) atoms. The van der Waals surface area contributed by atoms with Crippen molar-refractivity contribution >= 4 is 27.1 Å². The van der Waals surface area contributed by atoms with E-state index in [0.717, 1.165) is 12.8 Å². The van der Waals surface area contributed by atoms with Crippen molar-refractivity contribution in [1.82, 2.24) is 5.32 Å². The summed E-state index contributed by atoms with van der Waals surface area (Å²) < 4.78 is 36.9. The van der Waals surface area contributed by atoms with Crippen LogP contribution < -0.4 is 14.8 Å². The number of amides is 1. The summed E-state index contributed by atoms with van der Waals surface area (Å²) >= 11 is 1.37. The fourth-order valence-corrected chi connectivity index (χ4v) is 5.54. The first kappa shape index (κ1) is 16.4. The topological polar surface area (TPSA) is 81.7 Å². The first-order valence-corrected chi connectivity index (χ1v) is 10.4. The normalized spacial score (nSPS) is 17.3. The summed E-state index contributed by atoms with van der Waals surface area (Å²) in [5, 5.41) is 3.80. The molecule has 1 aromatic heterocycles. The summed E-state index contributed by atoms with van der Waals surface area (Å²) in [6.07, 6.45) is 1.76. The molecule has 132 valence electrons. The zero-order valence-electron chi connectivity index (χ0n) is 13.3. The van der Waals surface area contributed by atoms with Gasteiger partial charge in [0.15, 0.2) is 21.3 Å². The molecule has 2 aromatic rings. The van der Waals surface area contributed by atoms with Gasteiger partial charge in [-0.2, -0.15) is 0 Å². The lowest BCUT2D eigenvalue weighted by molar-refractivity contribution is -0.122. The molecule has 1 atom stereocenters. The summed E-state index contributed by atoms with van der Waals surface area (Å²) in [6.45, 7) is 0.150. The lowest BCUT2D eigenvalue weighted by Crippen LogP contribution is -2.32. The van der Waals surface area contributed by atoms with Gasteiger partial charge in [0.1, 0.15) is 5.25 Å². The summed E-state index contributed by atoms with van der Waals surface area (Å²) in [7, 11) is -3.69. The monoisotopic (exact) mass is 379 g/mol. The average molecular weight is 379 g/mol. The number of nitrogens with one attached hydrogen (secondary N) is 1.